The van der Waals surface area contributed by atoms with Crippen LogP contribution < -0.4 is 5.56 Å². The van der Waals surface area contributed by atoms with Crippen molar-refractivity contribution in [2.75, 3.05) is 13.1 Å². The molecular weight excluding hydrogens is 280 g/mol. The Morgan fingerprint density at radius 2 is 2.23 bits per heavy atom. The third kappa shape index (κ3) is 2.81. The predicted molar refractivity (Wildman–Crippen MR) is 82.9 cm³/mol. The van der Waals surface area contributed by atoms with E-state index in [0.29, 0.717) is 12.2 Å². The van der Waals surface area contributed by atoms with E-state index in [-0.39, 0.29) is 17.4 Å². The zero-order valence-electron chi connectivity index (χ0n) is 12.9. The summed E-state index contributed by atoms with van der Waals surface area (Å²) in [5.74, 6) is 1.15. The Morgan fingerprint density at radius 1 is 1.41 bits per heavy atom. The Kier molecular flexibility index (Phi) is 3.83. The van der Waals surface area contributed by atoms with E-state index in [1.807, 2.05) is 29.6 Å². The average Bonchev–Trinajstić information content (AvgIpc) is 2.85. The quantitative estimate of drug-likeness (QED) is 0.912. The lowest BCUT2D eigenvalue weighted by Gasteiger charge is -2.32. The topological polar surface area (TPSA) is 71.0 Å². The first-order valence-corrected chi connectivity index (χ1v) is 7.53. The fourth-order valence-electron chi connectivity index (χ4n) is 3.13. The summed E-state index contributed by atoms with van der Waals surface area (Å²) in [6.45, 7) is 3.33. The van der Waals surface area contributed by atoms with Gasteiger partial charge in [0.2, 0.25) is 5.56 Å². The average molecular weight is 300 g/mol. The summed E-state index contributed by atoms with van der Waals surface area (Å²) >= 11 is 0. The van der Waals surface area contributed by atoms with Crippen LogP contribution in [-0.2, 0) is 7.05 Å². The zero-order valence-corrected chi connectivity index (χ0v) is 12.9. The van der Waals surface area contributed by atoms with Gasteiger partial charge >= 0.3 is 0 Å². The lowest BCUT2D eigenvalue weighted by molar-refractivity contribution is 0.0697. The van der Waals surface area contributed by atoms with E-state index in [9.17, 15) is 9.59 Å². The van der Waals surface area contributed by atoms with Crippen molar-refractivity contribution in [3.8, 4) is 0 Å². The van der Waals surface area contributed by atoms with Crippen molar-refractivity contribution in [2.24, 2.45) is 7.05 Å². The first-order valence-electron chi connectivity index (χ1n) is 7.53. The van der Waals surface area contributed by atoms with Gasteiger partial charge in [-0.25, -0.2) is 4.98 Å². The van der Waals surface area contributed by atoms with E-state index >= 15 is 0 Å². The molecule has 1 N–H and O–H groups in total. The minimum atomic E-state index is -0.251. The number of hydrogen-bond donors (Lipinski definition) is 1. The highest BCUT2D eigenvalue weighted by Gasteiger charge is 2.28. The molecule has 6 nitrogen and oxygen atoms in total. The number of imidazole rings is 1. The number of nitrogens with zero attached hydrogens (tertiary/aromatic N) is 3. The van der Waals surface area contributed by atoms with Gasteiger partial charge in [0.25, 0.3) is 5.91 Å². The van der Waals surface area contributed by atoms with Gasteiger partial charge in [0.1, 0.15) is 11.5 Å². The van der Waals surface area contributed by atoms with Crippen molar-refractivity contribution >= 4 is 5.91 Å². The highest BCUT2D eigenvalue weighted by Crippen LogP contribution is 2.26. The molecule has 1 unspecified atom stereocenters. The molecule has 116 valence electrons. The van der Waals surface area contributed by atoms with Gasteiger partial charge in [-0.15, -0.1) is 0 Å². The highest BCUT2D eigenvalue weighted by atomic mass is 16.2. The van der Waals surface area contributed by atoms with Crippen LogP contribution >= 0.6 is 0 Å². The summed E-state index contributed by atoms with van der Waals surface area (Å²) in [6, 6.07) is 4.67. The third-order valence-corrected chi connectivity index (χ3v) is 4.11. The van der Waals surface area contributed by atoms with Gasteiger partial charge in [0, 0.05) is 38.3 Å². The lowest BCUT2D eigenvalue weighted by atomic mass is 9.97. The molecule has 3 rings (SSSR count). The molecule has 1 aliphatic heterocycles. The van der Waals surface area contributed by atoms with Crippen molar-refractivity contribution in [2.45, 2.75) is 25.7 Å². The van der Waals surface area contributed by atoms with Gasteiger partial charge in [-0.05, 0) is 25.8 Å². The minimum Gasteiger partial charge on any atom is -0.337 e. The summed E-state index contributed by atoms with van der Waals surface area (Å²) in [5.41, 5.74) is 1.09. The summed E-state index contributed by atoms with van der Waals surface area (Å²) in [5, 5.41) is 0. The van der Waals surface area contributed by atoms with E-state index in [1.54, 1.807) is 12.1 Å². The first kappa shape index (κ1) is 14.6. The molecule has 1 amide bonds. The van der Waals surface area contributed by atoms with Crippen molar-refractivity contribution in [3.05, 3.63) is 52.0 Å². The van der Waals surface area contributed by atoms with Crippen molar-refractivity contribution < 1.29 is 4.79 Å². The van der Waals surface area contributed by atoms with Crippen LogP contribution in [-0.4, -0.2) is 38.4 Å². The van der Waals surface area contributed by atoms with Crippen LogP contribution in [0.1, 0.15) is 40.8 Å². The molecule has 1 atom stereocenters. The molecule has 0 bridgehead atoms. The van der Waals surface area contributed by atoms with Crippen LogP contribution in [0.5, 0.6) is 0 Å². The van der Waals surface area contributed by atoms with Gasteiger partial charge in [-0.1, -0.05) is 6.07 Å². The third-order valence-electron chi connectivity index (χ3n) is 4.11. The summed E-state index contributed by atoms with van der Waals surface area (Å²) in [4.78, 5) is 32.9. The number of aromatic amines is 1. The highest BCUT2D eigenvalue weighted by molar-refractivity contribution is 5.92. The number of likely N-dealkylation sites (tertiary alicyclic amines) is 1. The lowest BCUT2D eigenvalue weighted by Crippen LogP contribution is -2.40. The molecule has 1 aliphatic rings. The maximum Gasteiger partial charge on any atom is 0.270 e. The molecule has 22 heavy (non-hydrogen) atoms. The number of carbonyl (C=O) groups is 1. The molecule has 3 heterocycles. The molecule has 0 aromatic carbocycles. The molecule has 2 aromatic rings. The van der Waals surface area contributed by atoms with Gasteiger partial charge in [-0.2, -0.15) is 0 Å². The summed E-state index contributed by atoms with van der Waals surface area (Å²) in [6.07, 6.45) is 3.98. The first-order chi connectivity index (χ1) is 10.5. The minimum absolute atomic E-state index is 0.117. The monoisotopic (exact) mass is 300 g/mol. The largest absolute Gasteiger partial charge is 0.337 e. The number of aryl methyl sites for hydroxylation is 2. The molecule has 1 saturated heterocycles. The number of hydrogen-bond acceptors (Lipinski definition) is 3. The fourth-order valence-corrected chi connectivity index (χ4v) is 3.13. The normalized spacial score (nSPS) is 18.5. The molecule has 0 radical (unpaired) electrons. The Hall–Kier alpha value is -2.37. The van der Waals surface area contributed by atoms with Crippen molar-refractivity contribution in [1.82, 2.24) is 19.4 Å². The smallest absolute Gasteiger partial charge is 0.270 e. The number of nitrogens with one attached hydrogen (secondary N) is 1. The van der Waals surface area contributed by atoms with Crippen molar-refractivity contribution in [3.63, 3.8) is 0 Å². The molecule has 2 aromatic heterocycles. The number of piperidine rings is 1. The molecule has 0 aliphatic carbocycles. The number of pyridine rings is 1. The number of H-pyrrole nitrogens is 1. The van der Waals surface area contributed by atoms with Crippen LogP contribution in [0.4, 0.5) is 0 Å². The molecule has 0 spiro atoms. The van der Waals surface area contributed by atoms with Crippen LogP contribution in [0.15, 0.2) is 29.2 Å². The van der Waals surface area contributed by atoms with E-state index in [0.717, 1.165) is 30.9 Å². The number of carbonyl (C=O) groups excluding carboxylic acids is 1. The second kappa shape index (κ2) is 5.79. The maximum absolute atomic E-state index is 12.5. The zero-order chi connectivity index (χ0) is 15.7. The summed E-state index contributed by atoms with van der Waals surface area (Å²) in [7, 11) is 1.99. The Bertz CT molecular complexity index is 747. The van der Waals surface area contributed by atoms with Gasteiger partial charge in [0.15, 0.2) is 0 Å². The summed E-state index contributed by atoms with van der Waals surface area (Å²) < 4.78 is 2.04. The van der Waals surface area contributed by atoms with Gasteiger partial charge < -0.3 is 14.5 Å². The Balaban J connectivity index is 1.80. The SMILES string of the molecule is Cc1cn(C)c(C2CCCN(C(=O)c3cccc(=O)[nH]3)C2)n1. The Morgan fingerprint density at radius 3 is 2.91 bits per heavy atom. The second-order valence-electron chi connectivity index (χ2n) is 5.87. The van der Waals surface area contributed by atoms with Gasteiger partial charge in [-0.3, -0.25) is 9.59 Å². The standard InChI is InChI=1S/C16H20N4O2/c1-11-9-19(2)15(17-11)12-5-4-8-20(10-12)16(22)13-6-3-7-14(21)18-13/h3,6-7,9,12H,4-5,8,10H2,1-2H3,(H,18,21). The molecule has 6 heteroatoms. The second-order valence-corrected chi connectivity index (χ2v) is 5.87. The molecule has 1 fully saturated rings. The van der Waals surface area contributed by atoms with Crippen LogP contribution in [0.2, 0.25) is 0 Å². The van der Waals surface area contributed by atoms with E-state index in [2.05, 4.69) is 9.97 Å². The van der Waals surface area contributed by atoms with Crippen LogP contribution in [0.3, 0.4) is 0 Å². The van der Waals surface area contributed by atoms with Crippen molar-refractivity contribution in [1.29, 1.82) is 0 Å². The Labute approximate surface area is 128 Å². The number of rotatable bonds is 2. The van der Waals surface area contributed by atoms with E-state index in [4.69, 9.17) is 0 Å². The molecular formula is C16H20N4O2. The van der Waals surface area contributed by atoms with Crippen LogP contribution in [0, 0.1) is 6.92 Å². The fraction of sp³-hybridized carbons (Fsp3) is 0.438. The van der Waals surface area contributed by atoms with Gasteiger partial charge in [0.05, 0.1) is 5.69 Å². The van der Waals surface area contributed by atoms with E-state index in [1.165, 1.54) is 6.07 Å². The van der Waals surface area contributed by atoms with E-state index < -0.39 is 0 Å². The molecule has 0 saturated carbocycles. The maximum atomic E-state index is 12.5. The predicted octanol–water partition coefficient (Wildman–Crippen LogP) is 1.44. The number of amides is 1. The number of aromatic nitrogens is 3. The van der Waals surface area contributed by atoms with Crippen LogP contribution in [0.25, 0.3) is 0 Å².